The van der Waals surface area contributed by atoms with Crippen molar-refractivity contribution in [3.8, 4) is 16.9 Å². The average Bonchev–Trinajstić information content (AvgIpc) is 2.30. The van der Waals surface area contributed by atoms with E-state index in [-0.39, 0.29) is 11.6 Å². The number of rotatable bonds is 2. The van der Waals surface area contributed by atoms with E-state index in [0.29, 0.717) is 17.7 Å². The fourth-order valence-corrected chi connectivity index (χ4v) is 1.59. The number of nitrogens with two attached hydrogens (primary N) is 1. The van der Waals surface area contributed by atoms with Crippen LogP contribution in [-0.4, -0.2) is 5.11 Å². The molecule has 0 aromatic heterocycles. The van der Waals surface area contributed by atoms with E-state index in [1.165, 1.54) is 12.1 Å². The Hall–Kier alpha value is -1.87. The Bertz CT molecular complexity index is 511. The highest BCUT2D eigenvalue weighted by atomic mass is 19.1. The van der Waals surface area contributed by atoms with Crippen molar-refractivity contribution in [2.24, 2.45) is 5.73 Å². The minimum absolute atomic E-state index is 0.120. The van der Waals surface area contributed by atoms with Crippen LogP contribution < -0.4 is 5.73 Å². The summed E-state index contributed by atoms with van der Waals surface area (Å²) in [4.78, 5) is 0. The first-order valence-electron chi connectivity index (χ1n) is 4.98. The molecule has 0 amide bonds. The molecule has 0 saturated carbocycles. The van der Waals surface area contributed by atoms with Crippen molar-refractivity contribution in [3.05, 3.63) is 53.8 Å². The van der Waals surface area contributed by atoms with Crippen molar-refractivity contribution in [1.29, 1.82) is 0 Å². The molecule has 2 aromatic rings. The van der Waals surface area contributed by atoms with E-state index in [1.807, 2.05) is 0 Å². The number of aromatic hydroxyl groups is 1. The number of hydrogen-bond acceptors (Lipinski definition) is 2. The van der Waals surface area contributed by atoms with Gasteiger partial charge in [0.15, 0.2) is 0 Å². The van der Waals surface area contributed by atoms with Gasteiger partial charge in [0.05, 0.1) is 0 Å². The molecule has 0 radical (unpaired) electrons. The SMILES string of the molecule is NCc1ccc(F)c(-c2cccc(O)c2)c1. The van der Waals surface area contributed by atoms with Gasteiger partial charge >= 0.3 is 0 Å². The molecule has 82 valence electrons. The van der Waals surface area contributed by atoms with Gasteiger partial charge in [0, 0.05) is 12.1 Å². The number of phenolic OH excluding ortho intramolecular Hbond substituents is 1. The fraction of sp³-hybridized carbons (Fsp3) is 0.0769. The molecule has 16 heavy (non-hydrogen) atoms. The van der Waals surface area contributed by atoms with Crippen molar-refractivity contribution >= 4 is 0 Å². The zero-order chi connectivity index (χ0) is 11.5. The summed E-state index contributed by atoms with van der Waals surface area (Å²) in [5.41, 5.74) is 7.47. The van der Waals surface area contributed by atoms with Crippen molar-refractivity contribution < 1.29 is 9.50 Å². The third-order valence-corrected chi connectivity index (χ3v) is 2.42. The Labute approximate surface area is 93.2 Å². The normalized spacial score (nSPS) is 10.4. The van der Waals surface area contributed by atoms with Crippen LogP contribution in [0.1, 0.15) is 5.56 Å². The van der Waals surface area contributed by atoms with E-state index in [0.717, 1.165) is 5.56 Å². The van der Waals surface area contributed by atoms with Crippen molar-refractivity contribution in [3.63, 3.8) is 0 Å². The van der Waals surface area contributed by atoms with Crippen molar-refractivity contribution in [2.45, 2.75) is 6.54 Å². The second-order valence-corrected chi connectivity index (χ2v) is 3.57. The molecule has 0 spiro atoms. The lowest BCUT2D eigenvalue weighted by molar-refractivity contribution is 0.475. The molecule has 3 N–H and O–H groups in total. The smallest absolute Gasteiger partial charge is 0.131 e. The first-order valence-corrected chi connectivity index (χ1v) is 4.98. The quantitative estimate of drug-likeness (QED) is 0.812. The van der Waals surface area contributed by atoms with Gasteiger partial charge in [-0.2, -0.15) is 0 Å². The van der Waals surface area contributed by atoms with Crippen LogP contribution in [0.4, 0.5) is 4.39 Å². The molecular weight excluding hydrogens is 205 g/mol. The van der Waals surface area contributed by atoms with E-state index in [9.17, 15) is 9.50 Å². The van der Waals surface area contributed by atoms with Crippen LogP contribution in [0, 0.1) is 5.82 Å². The van der Waals surface area contributed by atoms with Gasteiger partial charge in [-0.1, -0.05) is 18.2 Å². The Morgan fingerprint density at radius 3 is 2.62 bits per heavy atom. The highest BCUT2D eigenvalue weighted by Crippen LogP contribution is 2.26. The summed E-state index contributed by atoms with van der Waals surface area (Å²) in [5.74, 6) is -0.196. The standard InChI is InChI=1S/C13H12FNO/c14-13-5-4-9(8-15)6-12(13)10-2-1-3-11(16)7-10/h1-7,16H,8,15H2. The molecule has 0 atom stereocenters. The summed E-state index contributed by atoms with van der Waals surface area (Å²) in [6.45, 7) is 0.367. The molecule has 2 rings (SSSR count). The predicted octanol–water partition coefficient (Wildman–Crippen LogP) is 2.66. The number of halogens is 1. The van der Waals surface area contributed by atoms with E-state index in [4.69, 9.17) is 5.73 Å². The number of phenols is 1. The first kappa shape index (κ1) is 10.6. The Morgan fingerprint density at radius 1 is 1.12 bits per heavy atom. The van der Waals surface area contributed by atoms with Crippen molar-refractivity contribution in [1.82, 2.24) is 0 Å². The summed E-state index contributed by atoms with van der Waals surface area (Å²) in [7, 11) is 0. The summed E-state index contributed by atoms with van der Waals surface area (Å²) in [6, 6.07) is 11.2. The lowest BCUT2D eigenvalue weighted by Gasteiger charge is -2.06. The lowest BCUT2D eigenvalue weighted by atomic mass is 10.0. The molecule has 2 nitrogen and oxygen atoms in total. The summed E-state index contributed by atoms with van der Waals surface area (Å²) < 4.78 is 13.6. The van der Waals surface area contributed by atoms with E-state index in [1.54, 1.807) is 30.3 Å². The Balaban J connectivity index is 2.54. The highest BCUT2D eigenvalue weighted by Gasteiger charge is 2.06. The maximum atomic E-state index is 13.6. The van der Waals surface area contributed by atoms with Crippen LogP contribution in [0.5, 0.6) is 5.75 Å². The van der Waals surface area contributed by atoms with Crippen LogP contribution in [0.2, 0.25) is 0 Å². The van der Waals surface area contributed by atoms with Gasteiger partial charge in [-0.3, -0.25) is 0 Å². The van der Waals surface area contributed by atoms with Gasteiger partial charge in [-0.15, -0.1) is 0 Å². The predicted molar refractivity (Wildman–Crippen MR) is 61.4 cm³/mol. The molecule has 0 bridgehead atoms. The van der Waals surface area contributed by atoms with Crippen LogP contribution in [0.3, 0.4) is 0 Å². The van der Waals surface area contributed by atoms with Crippen LogP contribution in [0.25, 0.3) is 11.1 Å². The zero-order valence-electron chi connectivity index (χ0n) is 8.65. The lowest BCUT2D eigenvalue weighted by Crippen LogP contribution is -1.97. The topological polar surface area (TPSA) is 46.2 Å². The molecule has 0 aliphatic carbocycles. The van der Waals surface area contributed by atoms with Gasteiger partial charge in [0.1, 0.15) is 11.6 Å². The van der Waals surface area contributed by atoms with Crippen LogP contribution >= 0.6 is 0 Å². The second-order valence-electron chi connectivity index (χ2n) is 3.57. The van der Waals surface area contributed by atoms with Crippen LogP contribution in [-0.2, 0) is 6.54 Å². The molecule has 2 aromatic carbocycles. The second kappa shape index (κ2) is 4.33. The fourth-order valence-electron chi connectivity index (χ4n) is 1.59. The minimum Gasteiger partial charge on any atom is -0.508 e. The van der Waals surface area contributed by atoms with Gasteiger partial charge < -0.3 is 10.8 Å². The van der Waals surface area contributed by atoms with E-state index >= 15 is 0 Å². The van der Waals surface area contributed by atoms with Gasteiger partial charge in [-0.25, -0.2) is 4.39 Å². The molecule has 0 aliphatic rings. The third kappa shape index (κ3) is 2.04. The van der Waals surface area contributed by atoms with Gasteiger partial charge in [-0.05, 0) is 35.4 Å². The summed E-state index contributed by atoms with van der Waals surface area (Å²) in [5, 5.41) is 9.34. The van der Waals surface area contributed by atoms with E-state index < -0.39 is 0 Å². The van der Waals surface area contributed by atoms with Gasteiger partial charge in [0.2, 0.25) is 0 Å². The zero-order valence-corrected chi connectivity index (χ0v) is 8.65. The molecular formula is C13H12FNO. The Morgan fingerprint density at radius 2 is 1.94 bits per heavy atom. The Kier molecular flexibility index (Phi) is 2.88. The first-order chi connectivity index (χ1) is 7.70. The van der Waals surface area contributed by atoms with Crippen LogP contribution in [0.15, 0.2) is 42.5 Å². The minimum atomic E-state index is -0.317. The maximum absolute atomic E-state index is 13.6. The highest BCUT2D eigenvalue weighted by molar-refractivity contribution is 5.66. The maximum Gasteiger partial charge on any atom is 0.131 e. The van der Waals surface area contributed by atoms with E-state index in [2.05, 4.69) is 0 Å². The van der Waals surface area contributed by atoms with Crippen molar-refractivity contribution in [2.75, 3.05) is 0 Å². The van der Waals surface area contributed by atoms with Gasteiger partial charge in [0.25, 0.3) is 0 Å². The molecule has 0 heterocycles. The summed E-state index contributed by atoms with van der Waals surface area (Å²) >= 11 is 0. The molecule has 0 saturated heterocycles. The molecule has 0 fully saturated rings. The summed E-state index contributed by atoms with van der Waals surface area (Å²) in [6.07, 6.45) is 0. The third-order valence-electron chi connectivity index (χ3n) is 2.42. The molecule has 3 heteroatoms. The number of hydrogen-bond donors (Lipinski definition) is 2. The molecule has 0 aliphatic heterocycles. The largest absolute Gasteiger partial charge is 0.508 e. The monoisotopic (exact) mass is 217 g/mol. The average molecular weight is 217 g/mol. The molecule has 0 unspecified atom stereocenters. The number of benzene rings is 2.